The summed E-state index contributed by atoms with van der Waals surface area (Å²) in [7, 11) is 0. The SMILES string of the molecule is N#Cc1ccccc1-c1cc(-c2ccc3c4ccccc4c4ccccc4c3c2)c2cc(-c3ccc4c5ccccc5c5ccccc5c4c3)c3ccccc3c2n1. The Balaban J connectivity index is 1.19. The van der Waals surface area contributed by atoms with E-state index in [0.29, 0.717) is 5.56 Å². The Hall–Kier alpha value is -7.86. The van der Waals surface area contributed by atoms with E-state index in [1.807, 2.05) is 24.3 Å². The molecule has 0 spiro atoms. The zero-order valence-electron chi connectivity index (χ0n) is 31.4. The predicted molar refractivity (Wildman–Crippen MR) is 245 cm³/mol. The van der Waals surface area contributed by atoms with Crippen LogP contribution >= 0.6 is 0 Å². The average molecular weight is 733 g/mol. The fraction of sp³-hybridized carbons (Fsp3) is 0. The molecule has 0 aliphatic carbocycles. The van der Waals surface area contributed by atoms with Crippen molar-refractivity contribution < 1.29 is 0 Å². The number of benzene rings is 11. The molecule has 266 valence electrons. The summed E-state index contributed by atoms with van der Waals surface area (Å²) < 4.78 is 0. The van der Waals surface area contributed by atoms with Gasteiger partial charge in [0.05, 0.1) is 22.8 Å². The Morgan fingerprint density at radius 1 is 0.293 bits per heavy atom. The van der Waals surface area contributed by atoms with Crippen LogP contribution in [-0.2, 0) is 0 Å². The van der Waals surface area contributed by atoms with Crippen LogP contribution in [0.3, 0.4) is 0 Å². The molecule has 2 nitrogen and oxygen atoms in total. The zero-order chi connectivity index (χ0) is 38.3. The van der Waals surface area contributed by atoms with Gasteiger partial charge in [0.2, 0.25) is 0 Å². The molecule has 58 heavy (non-hydrogen) atoms. The maximum Gasteiger partial charge on any atom is 0.0998 e. The number of pyridine rings is 1. The highest BCUT2D eigenvalue weighted by atomic mass is 14.7. The van der Waals surface area contributed by atoms with Gasteiger partial charge >= 0.3 is 0 Å². The summed E-state index contributed by atoms with van der Waals surface area (Å²) in [6.45, 7) is 0. The molecular formula is C56H32N2. The highest BCUT2D eigenvalue weighted by Gasteiger charge is 2.19. The molecule has 0 saturated heterocycles. The summed E-state index contributed by atoms with van der Waals surface area (Å²) in [5.74, 6) is 0. The second-order valence-corrected chi connectivity index (χ2v) is 15.3. The molecule has 2 heteroatoms. The maximum absolute atomic E-state index is 10.2. The molecule has 0 fully saturated rings. The van der Waals surface area contributed by atoms with E-state index in [2.05, 4.69) is 176 Å². The Kier molecular flexibility index (Phi) is 7.03. The van der Waals surface area contributed by atoms with Crippen LogP contribution in [0.2, 0.25) is 0 Å². The van der Waals surface area contributed by atoms with Crippen molar-refractivity contribution >= 4 is 86.3 Å². The van der Waals surface area contributed by atoms with Gasteiger partial charge in [0.1, 0.15) is 0 Å². The summed E-state index contributed by atoms with van der Waals surface area (Å²) in [6, 6.07) is 72.3. The highest BCUT2D eigenvalue weighted by Crippen LogP contribution is 2.44. The summed E-state index contributed by atoms with van der Waals surface area (Å²) in [4.78, 5) is 5.43. The minimum absolute atomic E-state index is 0.605. The van der Waals surface area contributed by atoms with Gasteiger partial charge in [0.25, 0.3) is 0 Å². The minimum atomic E-state index is 0.605. The summed E-state index contributed by atoms with van der Waals surface area (Å²) in [5.41, 5.74) is 7.63. The van der Waals surface area contributed by atoms with Crippen molar-refractivity contribution in [3.63, 3.8) is 0 Å². The topological polar surface area (TPSA) is 36.7 Å². The van der Waals surface area contributed by atoms with Gasteiger partial charge in [0.15, 0.2) is 0 Å². The van der Waals surface area contributed by atoms with Crippen LogP contribution in [0.25, 0.3) is 120 Å². The third kappa shape index (κ3) is 4.75. The van der Waals surface area contributed by atoms with E-state index in [-0.39, 0.29) is 0 Å². The first-order chi connectivity index (χ1) is 28.7. The van der Waals surface area contributed by atoms with E-state index >= 15 is 0 Å². The smallest absolute Gasteiger partial charge is 0.0998 e. The molecule has 0 N–H and O–H groups in total. The molecule has 0 atom stereocenters. The molecule has 1 heterocycles. The molecule has 0 unspecified atom stereocenters. The first kappa shape index (κ1) is 32.4. The van der Waals surface area contributed by atoms with Gasteiger partial charge in [0, 0.05) is 16.3 Å². The molecule has 0 amide bonds. The molecule has 11 aromatic carbocycles. The molecule has 12 aromatic rings. The van der Waals surface area contributed by atoms with Crippen molar-refractivity contribution in [2.45, 2.75) is 0 Å². The van der Waals surface area contributed by atoms with Crippen molar-refractivity contribution in [1.29, 1.82) is 5.26 Å². The minimum Gasteiger partial charge on any atom is -0.247 e. The van der Waals surface area contributed by atoms with Gasteiger partial charge in [-0.05, 0) is 123 Å². The van der Waals surface area contributed by atoms with E-state index < -0.39 is 0 Å². The number of nitrogens with zero attached hydrogens (tertiary/aromatic N) is 2. The van der Waals surface area contributed by atoms with Gasteiger partial charge in [-0.15, -0.1) is 0 Å². The van der Waals surface area contributed by atoms with Gasteiger partial charge in [-0.2, -0.15) is 5.26 Å². The highest BCUT2D eigenvalue weighted by molar-refractivity contribution is 6.28. The lowest BCUT2D eigenvalue weighted by Crippen LogP contribution is -1.95. The van der Waals surface area contributed by atoms with E-state index in [4.69, 9.17) is 4.98 Å². The first-order valence-corrected chi connectivity index (χ1v) is 19.8. The molecule has 0 bridgehead atoms. The quantitative estimate of drug-likeness (QED) is 0.170. The summed E-state index contributed by atoms with van der Waals surface area (Å²) in [5, 5.41) is 28.5. The predicted octanol–water partition coefficient (Wildman–Crippen LogP) is 15.2. The van der Waals surface area contributed by atoms with Gasteiger partial charge in [-0.3, -0.25) is 0 Å². The monoisotopic (exact) mass is 732 g/mol. The van der Waals surface area contributed by atoms with Crippen molar-refractivity contribution in [1.82, 2.24) is 4.98 Å². The van der Waals surface area contributed by atoms with Crippen molar-refractivity contribution in [3.05, 3.63) is 200 Å². The van der Waals surface area contributed by atoms with Crippen LogP contribution in [0.1, 0.15) is 5.56 Å². The van der Waals surface area contributed by atoms with Crippen LogP contribution in [0, 0.1) is 11.3 Å². The Bertz CT molecular complexity index is 3690. The second kappa shape index (κ2) is 12.6. The third-order valence-electron chi connectivity index (χ3n) is 12.3. The standard InChI is InChI=1S/C56H32N2/c57-33-36-13-1-2-14-37(36)55-32-51(35-26-28-48-43-20-6-4-16-39(43)41-18-8-10-22-45(41)53(48)30-35)54-31-50(46-23-11-12-24-49(46)56(54)58-55)34-25-27-47-42-19-5-3-15-38(42)40-17-7-9-21-44(40)52(47)29-34/h1-32H. The van der Waals surface area contributed by atoms with E-state index in [1.165, 1.54) is 64.6 Å². The molecule has 0 aliphatic rings. The van der Waals surface area contributed by atoms with Crippen LogP contribution < -0.4 is 0 Å². The van der Waals surface area contributed by atoms with Crippen LogP contribution in [0.15, 0.2) is 194 Å². The lowest BCUT2D eigenvalue weighted by atomic mass is 9.87. The Labute approximate surface area is 334 Å². The number of nitriles is 1. The average Bonchev–Trinajstić information content (AvgIpc) is 3.30. The second-order valence-electron chi connectivity index (χ2n) is 15.3. The van der Waals surface area contributed by atoms with E-state index in [9.17, 15) is 5.26 Å². The normalized spacial score (nSPS) is 11.8. The number of hydrogen-bond acceptors (Lipinski definition) is 2. The fourth-order valence-corrected chi connectivity index (χ4v) is 9.62. The van der Waals surface area contributed by atoms with Crippen LogP contribution in [0.4, 0.5) is 0 Å². The first-order valence-electron chi connectivity index (χ1n) is 19.8. The number of fused-ring (bicyclic) bond motifs is 15. The number of rotatable bonds is 3. The van der Waals surface area contributed by atoms with Gasteiger partial charge in [-0.25, -0.2) is 4.98 Å². The lowest BCUT2D eigenvalue weighted by molar-refractivity contribution is 1.39. The maximum atomic E-state index is 10.2. The molecule has 1 aromatic heterocycles. The lowest BCUT2D eigenvalue weighted by Gasteiger charge is -2.18. The third-order valence-corrected chi connectivity index (χ3v) is 12.3. The Morgan fingerprint density at radius 2 is 0.672 bits per heavy atom. The Morgan fingerprint density at radius 3 is 1.16 bits per heavy atom. The molecule has 12 rings (SSSR count). The molecule has 0 saturated carbocycles. The van der Waals surface area contributed by atoms with Crippen molar-refractivity contribution in [3.8, 4) is 39.6 Å². The molecule has 0 aliphatic heterocycles. The summed E-state index contributed by atoms with van der Waals surface area (Å²) >= 11 is 0. The van der Waals surface area contributed by atoms with Gasteiger partial charge in [-0.1, -0.05) is 164 Å². The van der Waals surface area contributed by atoms with Gasteiger partial charge < -0.3 is 0 Å². The molecular weight excluding hydrogens is 701 g/mol. The van der Waals surface area contributed by atoms with Crippen molar-refractivity contribution in [2.75, 3.05) is 0 Å². The van der Waals surface area contributed by atoms with E-state index in [1.54, 1.807) is 0 Å². The summed E-state index contributed by atoms with van der Waals surface area (Å²) in [6.07, 6.45) is 0. The van der Waals surface area contributed by atoms with Crippen LogP contribution in [0.5, 0.6) is 0 Å². The van der Waals surface area contributed by atoms with Crippen molar-refractivity contribution in [2.24, 2.45) is 0 Å². The fourth-order valence-electron chi connectivity index (χ4n) is 9.62. The zero-order valence-corrected chi connectivity index (χ0v) is 31.4. The number of aromatic nitrogens is 1. The van der Waals surface area contributed by atoms with E-state index in [0.717, 1.165) is 55.2 Å². The molecule has 0 radical (unpaired) electrons. The number of hydrogen-bond donors (Lipinski definition) is 0. The van der Waals surface area contributed by atoms with Crippen LogP contribution in [-0.4, -0.2) is 4.98 Å². The largest absolute Gasteiger partial charge is 0.247 e.